The van der Waals surface area contributed by atoms with Gasteiger partial charge in [0.1, 0.15) is 23.0 Å². The predicted octanol–water partition coefficient (Wildman–Crippen LogP) is 5.49. The minimum absolute atomic E-state index is 0.604. The third-order valence-corrected chi connectivity index (χ3v) is 3.51. The van der Waals surface area contributed by atoms with Crippen molar-refractivity contribution in [2.45, 2.75) is 12.8 Å². The van der Waals surface area contributed by atoms with Crippen LogP contribution in [0.25, 0.3) is 0 Å². The monoisotopic (exact) mass is 354 g/mol. The van der Waals surface area contributed by atoms with Gasteiger partial charge in [0.15, 0.2) is 0 Å². The van der Waals surface area contributed by atoms with Gasteiger partial charge in [-0.2, -0.15) is 0 Å². The lowest BCUT2D eigenvalue weighted by Crippen LogP contribution is -1.97. The van der Waals surface area contributed by atoms with E-state index < -0.39 is 0 Å². The van der Waals surface area contributed by atoms with Crippen molar-refractivity contribution in [3.8, 4) is 23.0 Å². The van der Waals surface area contributed by atoms with Gasteiger partial charge < -0.3 is 14.2 Å². The topological polar surface area (TPSA) is 27.7 Å². The fraction of sp³-hybridized carbons (Fsp3) is 0.333. The molecule has 0 atom stereocenters. The van der Waals surface area contributed by atoms with E-state index in [0.717, 1.165) is 35.8 Å². The molecule has 0 aliphatic rings. The molecule has 3 nitrogen and oxygen atoms in total. The molecule has 0 amide bonds. The molecule has 2 rings (SSSR count). The lowest BCUT2D eigenvalue weighted by atomic mass is 10.3. The van der Waals surface area contributed by atoms with Crippen LogP contribution in [-0.4, -0.2) is 25.0 Å². The van der Waals surface area contributed by atoms with Gasteiger partial charge in [0.25, 0.3) is 0 Å². The zero-order valence-electron chi connectivity index (χ0n) is 12.8. The highest BCUT2D eigenvalue weighted by molar-refractivity contribution is 6.18. The van der Waals surface area contributed by atoms with Crippen molar-refractivity contribution in [3.05, 3.63) is 48.5 Å². The molecule has 0 saturated heterocycles. The van der Waals surface area contributed by atoms with Gasteiger partial charge in [-0.05, 0) is 61.4 Å². The van der Waals surface area contributed by atoms with Gasteiger partial charge in [0, 0.05) is 11.8 Å². The number of ether oxygens (including phenoxy) is 3. The van der Waals surface area contributed by atoms with Crippen LogP contribution in [0, 0.1) is 0 Å². The fourth-order valence-electron chi connectivity index (χ4n) is 1.83. The van der Waals surface area contributed by atoms with E-state index >= 15 is 0 Å². The van der Waals surface area contributed by atoms with Gasteiger partial charge in [-0.3, -0.25) is 0 Å². The molecule has 2 aromatic carbocycles. The summed E-state index contributed by atoms with van der Waals surface area (Å²) in [6, 6.07) is 15.0. The zero-order valence-corrected chi connectivity index (χ0v) is 14.4. The largest absolute Gasteiger partial charge is 0.494 e. The van der Waals surface area contributed by atoms with Gasteiger partial charge in [-0.25, -0.2) is 0 Å². The van der Waals surface area contributed by atoms with Crippen LogP contribution in [-0.2, 0) is 0 Å². The Labute approximate surface area is 147 Å². The summed E-state index contributed by atoms with van der Waals surface area (Å²) in [4.78, 5) is 0. The first-order valence-electron chi connectivity index (χ1n) is 7.57. The molecule has 0 unspecified atom stereocenters. The molecule has 0 heterocycles. The second-order valence-electron chi connectivity index (χ2n) is 4.83. The van der Waals surface area contributed by atoms with E-state index in [1.807, 2.05) is 48.5 Å². The Morgan fingerprint density at radius 1 is 0.565 bits per heavy atom. The van der Waals surface area contributed by atoms with Crippen molar-refractivity contribution >= 4 is 23.2 Å². The van der Waals surface area contributed by atoms with Gasteiger partial charge in [-0.15, -0.1) is 23.2 Å². The number of benzene rings is 2. The van der Waals surface area contributed by atoms with E-state index in [2.05, 4.69) is 0 Å². The lowest BCUT2D eigenvalue weighted by molar-refractivity contribution is 0.317. The van der Waals surface area contributed by atoms with Crippen LogP contribution in [0.2, 0.25) is 0 Å². The highest BCUT2D eigenvalue weighted by Crippen LogP contribution is 2.25. The van der Waals surface area contributed by atoms with Crippen LogP contribution in [0.15, 0.2) is 48.5 Å². The Morgan fingerprint density at radius 2 is 0.913 bits per heavy atom. The molecule has 124 valence electrons. The first kappa shape index (κ1) is 17.8. The lowest BCUT2D eigenvalue weighted by Gasteiger charge is -2.09. The van der Waals surface area contributed by atoms with Crippen LogP contribution in [0.4, 0.5) is 0 Å². The Balaban J connectivity index is 1.84. The smallest absolute Gasteiger partial charge is 0.127 e. The van der Waals surface area contributed by atoms with Crippen molar-refractivity contribution in [2.75, 3.05) is 25.0 Å². The minimum atomic E-state index is 0.604. The predicted molar refractivity (Wildman–Crippen MR) is 94.6 cm³/mol. The third kappa shape index (κ3) is 6.59. The average Bonchev–Trinajstić information content (AvgIpc) is 2.58. The molecule has 2 aromatic rings. The summed E-state index contributed by atoms with van der Waals surface area (Å²) in [6.07, 6.45) is 1.66. The number of halogens is 2. The molecule has 0 aliphatic carbocycles. The zero-order chi connectivity index (χ0) is 16.3. The third-order valence-electron chi connectivity index (χ3n) is 2.98. The van der Waals surface area contributed by atoms with E-state index in [0.29, 0.717) is 25.0 Å². The van der Waals surface area contributed by atoms with E-state index in [9.17, 15) is 0 Å². The maximum Gasteiger partial charge on any atom is 0.127 e. The standard InChI is InChI=1S/C18H20Cl2O3/c19-11-1-13-21-15-3-7-17(8-4-15)23-18-9-5-16(6-10-18)22-14-2-12-20/h3-10H,1-2,11-14H2. The summed E-state index contributed by atoms with van der Waals surface area (Å²) in [5.41, 5.74) is 0. The summed E-state index contributed by atoms with van der Waals surface area (Å²) in [5, 5.41) is 0. The van der Waals surface area contributed by atoms with Gasteiger partial charge in [-0.1, -0.05) is 0 Å². The molecule has 0 aromatic heterocycles. The Kier molecular flexibility index (Phi) is 7.91. The Hall–Kier alpha value is -1.58. The molecule has 0 fully saturated rings. The minimum Gasteiger partial charge on any atom is -0.494 e. The van der Waals surface area contributed by atoms with E-state index in [1.54, 1.807) is 0 Å². The molecular weight excluding hydrogens is 335 g/mol. The number of hydrogen-bond donors (Lipinski definition) is 0. The van der Waals surface area contributed by atoms with Crippen molar-refractivity contribution in [2.24, 2.45) is 0 Å². The number of rotatable bonds is 10. The van der Waals surface area contributed by atoms with E-state index in [1.165, 1.54) is 0 Å². The van der Waals surface area contributed by atoms with Crippen LogP contribution in [0.3, 0.4) is 0 Å². The first-order valence-corrected chi connectivity index (χ1v) is 8.64. The second kappa shape index (κ2) is 10.2. The summed E-state index contributed by atoms with van der Waals surface area (Å²) in [5.74, 6) is 4.34. The summed E-state index contributed by atoms with van der Waals surface area (Å²) < 4.78 is 16.9. The number of alkyl halides is 2. The molecular formula is C18H20Cl2O3. The molecule has 0 saturated carbocycles. The molecule has 0 radical (unpaired) electrons. The van der Waals surface area contributed by atoms with Crippen LogP contribution < -0.4 is 14.2 Å². The Bertz CT molecular complexity index is 504. The summed E-state index contributed by atoms with van der Waals surface area (Å²) in [6.45, 7) is 1.24. The van der Waals surface area contributed by atoms with Gasteiger partial charge in [0.05, 0.1) is 13.2 Å². The van der Waals surface area contributed by atoms with Crippen molar-refractivity contribution in [1.29, 1.82) is 0 Å². The summed E-state index contributed by atoms with van der Waals surface area (Å²) in [7, 11) is 0. The van der Waals surface area contributed by atoms with Crippen molar-refractivity contribution < 1.29 is 14.2 Å². The summed E-state index contributed by atoms with van der Waals surface area (Å²) >= 11 is 11.2. The fourth-order valence-corrected chi connectivity index (χ4v) is 2.05. The SMILES string of the molecule is ClCCCOc1ccc(Oc2ccc(OCCCCl)cc2)cc1. The second-order valence-corrected chi connectivity index (χ2v) is 5.58. The van der Waals surface area contributed by atoms with Gasteiger partial charge in [0.2, 0.25) is 0 Å². The molecule has 0 aliphatic heterocycles. The van der Waals surface area contributed by atoms with Gasteiger partial charge >= 0.3 is 0 Å². The van der Waals surface area contributed by atoms with E-state index in [4.69, 9.17) is 37.4 Å². The maximum atomic E-state index is 5.79. The molecule has 5 heteroatoms. The van der Waals surface area contributed by atoms with Crippen LogP contribution in [0.1, 0.15) is 12.8 Å². The molecule has 0 spiro atoms. The first-order chi connectivity index (χ1) is 11.3. The highest BCUT2D eigenvalue weighted by Gasteiger charge is 2.00. The van der Waals surface area contributed by atoms with Crippen LogP contribution >= 0.6 is 23.2 Å². The average molecular weight is 355 g/mol. The normalized spacial score (nSPS) is 10.3. The highest BCUT2D eigenvalue weighted by atomic mass is 35.5. The van der Waals surface area contributed by atoms with E-state index in [-0.39, 0.29) is 0 Å². The molecule has 23 heavy (non-hydrogen) atoms. The van der Waals surface area contributed by atoms with Crippen molar-refractivity contribution in [1.82, 2.24) is 0 Å². The van der Waals surface area contributed by atoms with Crippen LogP contribution in [0.5, 0.6) is 23.0 Å². The quantitative estimate of drug-likeness (QED) is 0.416. The number of hydrogen-bond acceptors (Lipinski definition) is 3. The molecule has 0 bridgehead atoms. The Morgan fingerprint density at radius 3 is 1.26 bits per heavy atom. The molecule has 0 N–H and O–H groups in total. The van der Waals surface area contributed by atoms with Crippen molar-refractivity contribution in [3.63, 3.8) is 0 Å². The maximum absolute atomic E-state index is 5.79.